The Morgan fingerprint density at radius 3 is 2.54 bits per heavy atom. The van der Waals surface area contributed by atoms with Crippen molar-refractivity contribution in [2.75, 3.05) is 72.0 Å². The minimum absolute atomic E-state index is 0.120. The lowest BCUT2D eigenvalue weighted by molar-refractivity contribution is 0.122. The van der Waals surface area contributed by atoms with Gasteiger partial charge >= 0.3 is 0 Å². The van der Waals surface area contributed by atoms with Crippen LogP contribution in [-0.4, -0.2) is 103 Å². The normalized spacial score (nSPS) is 17.9. The first-order valence-electron chi connectivity index (χ1n) is 13.5. The van der Waals surface area contributed by atoms with Crippen LogP contribution in [0, 0.1) is 0 Å². The number of fused-ring (bicyclic) bond motifs is 1. The number of ether oxygens (including phenoxy) is 2. The lowest BCUT2D eigenvalue weighted by atomic mass is 10.0. The van der Waals surface area contributed by atoms with Crippen LogP contribution in [0.2, 0.25) is 0 Å². The summed E-state index contributed by atoms with van der Waals surface area (Å²) in [5, 5.41) is 7.17. The molecule has 11 nitrogen and oxygen atoms in total. The molecule has 39 heavy (non-hydrogen) atoms. The van der Waals surface area contributed by atoms with Crippen molar-refractivity contribution in [3.05, 3.63) is 29.8 Å². The van der Waals surface area contributed by atoms with Gasteiger partial charge in [-0.25, -0.2) is 13.8 Å². The van der Waals surface area contributed by atoms with Gasteiger partial charge in [-0.1, -0.05) is 6.07 Å². The maximum atomic E-state index is 14.4. The predicted octanol–water partition coefficient (Wildman–Crippen LogP) is 2.33. The summed E-state index contributed by atoms with van der Waals surface area (Å²) in [5.41, 5.74) is 0.785. The molecule has 2 saturated heterocycles. The van der Waals surface area contributed by atoms with Crippen molar-refractivity contribution >= 4 is 17.0 Å². The molecule has 0 bridgehead atoms. The lowest BCUT2D eigenvalue weighted by Gasteiger charge is -2.30. The highest BCUT2D eigenvalue weighted by Crippen LogP contribution is 2.32. The molecule has 1 aromatic carbocycles. The molecule has 1 unspecified atom stereocenters. The standard InChI is InChI=1S/C26H37F2N9O2/c1-35(2)12-9-18(30-17-7-10-29-11-8-17)23-32-25(36-13-15-39-16-14-36)34-26(33-23)37-19-5-4-6-20(38-3)21(19)31-24(37)22(27)28/h4-6,17-18,22,29-30H,7-16H2,1-3H3. The van der Waals surface area contributed by atoms with Crippen LogP contribution in [0.5, 0.6) is 5.75 Å². The number of alkyl halides is 2. The molecule has 3 aromatic rings. The van der Waals surface area contributed by atoms with Gasteiger partial charge < -0.3 is 29.9 Å². The molecule has 2 aromatic heterocycles. The number of nitrogens with one attached hydrogen (secondary N) is 2. The molecular formula is C26H37F2N9O2. The first-order chi connectivity index (χ1) is 18.9. The smallest absolute Gasteiger partial charge is 0.296 e. The molecule has 2 aliphatic rings. The average Bonchev–Trinajstić information content (AvgIpc) is 3.36. The van der Waals surface area contributed by atoms with E-state index < -0.39 is 12.2 Å². The number of nitrogens with zero attached hydrogens (tertiary/aromatic N) is 7. The topological polar surface area (TPSA) is 105 Å². The molecule has 13 heteroatoms. The molecule has 0 aliphatic carbocycles. The summed E-state index contributed by atoms with van der Waals surface area (Å²) in [6.45, 7) is 4.99. The van der Waals surface area contributed by atoms with Gasteiger partial charge in [-0.2, -0.15) is 15.0 Å². The highest BCUT2D eigenvalue weighted by Gasteiger charge is 2.28. The summed E-state index contributed by atoms with van der Waals surface area (Å²) in [6.07, 6.45) is -0.0995. The number of morpholine rings is 1. The van der Waals surface area contributed by atoms with Crippen LogP contribution < -0.4 is 20.3 Å². The minimum Gasteiger partial charge on any atom is -0.494 e. The quantitative estimate of drug-likeness (QED) is 0.394. The van der Waals surface area contributed by atoms with Crippen molar-refractivity contribution in [2.45, 2.75) is 37.8 Å². The second-order valence-electron chi connectivity index (χ2n) is 10.2. The molecule has 0 amide bonds. The fourth-order valence-electron chi connectivity index (χ4n) is 5.09. The van der Waals surface area contributed by atoms with Crippen molar-refractivity contribution < 1.29 is 18.3 Å². The summed E-state index contributed by atoms with van der Waals surface area (Å²) >= 11 is 0. The Morgan fingerprint density at radius 1 is 1.10 bits per heavy atom. The number of anilines is 1. The minimum atomic E-state index is -2.84. The van der Waals surface area contributed by atoms with Crippen LogP contribution >= 0.6 is 0 Å². The summed E-state index contributed by atoms with van der Waals surface area (Å²) in [6, 6.07) is 5.30. The SMILES string of the molecule is COc1cccc2c1nc(C(F)F)n2-c1nc(C(CCN(C)C)NC2CCNCC2)nc(N2CCOCC2)n1. The summed E-state index contributed by atoms with van der Waals surface area (Å²) in [4.78, 5) is 22.9. The Hall–Kier alpha value is -3.00. The van der Waals surface area contributed by atoms with Gasteiger partial charge in [0.2, 0.25) is 11.9 Å². The number of rotatable bonds is 10. The van der Waals surface area contributed by atoms with Crippen LogP contribution in [0.4, 0.5) is 14.7 Å². The largest absolute Gasteiger partial charge is 0.494 e. The van der Waals surface area contributed by atoms with E-state index in [0.717, 1.165) is 38.9 Å². The molecular weight excluding hydrogens is 508 g/mol. The van der Waals surface area contributed by atoms with E-state index in [2.05, 4.69) is 20.5 Å². The number of methoxy groups -OCH3 is 1. The highest BCUT2D eigenvalue weighted by molar-refractivity contribution is 5.84. The molecule has 212 valence electrons. The number of imidazole rings is 1. The Labute approximate surface area is 226 Å². The van der Waals surface area contributed by atoms with E-state index in [4.69, 9.17) is 24.4 Å². The molecule has 2 aliphatic heterocycles. The summed E-state index contributed by atoms with van der Waals surface area (Å²) in [5.74, 6) is 1.08. The van der Waals surface area contributed by atoms with E-state index in [1.54, 1.807) is 18.2 Å². The van der Waals surface area contributed by atoms with Gasteiger partial charge in [-0.3, -0.25) is 4.57 Å². The van der Waals surface area contributed by atoms with E-state index in [1.165, 1.54) is 11.7 Å². The number of benzene rings is 1. The fourth-order valence-corrected chi connectivity index (χ4v) is 5.09. The Kier molecular flexibility index (Phi) is 8.80. The summed E-state index contributed by atoms with van der Waals surface area (Å²) < 4.78 is 41.0. The maximum Gasteiger partial charge on any atom is 0.296 e. The Bertz CT molecular complexity index is 1240. The van der Waals surface area contributed by atoms with Gasteiger partial charge in [0.15, 0.2) is 11.6 Å². The number of halogens is 2. The van der Waals surface area contributed by atoms with Gasteiger partial charge in [0, 0.05) is 19.1 Å². The molecule has 0 spiro atoms. The third-order valence-electron chi connectivity index (χ3n) is 7.16. The first kappa shape index (κ1) is 27.6. The maximum absolute atomic E-state index is 14.4. The molecule has 1 atom stereocenters. The second-order valence-corrected chi connectivity index (χ2v) is 10.2. The number of hydrogen-bond acceptors (Lipinski definition) is 10. The van der Waals surface area contributed by atoms with E-state index >= 15 is 0 Å². The molecule has 5 rings (SSSR count). The molecule has 2 fully saturated rings. The van der Waals surface area contributed by atoms with Gasteiger partial charge in [0.05, 0.1) is 31.9 Å². The molecule has 0 radical (unpaired) electrons. The third-order valence-corrected chi connectivity index (χ3v) is 7.16. The summed E-state index contributed by atoms with van der Waals surface area (Å²) in [7, 11) is 5.55. The average molecular weight is 546 g/mol. The monoisotopic (exact) mass is 545 g/mol. The first-order valence-corrected chi connectivity index (χ1v) is 13.5. The zero-order chi connectivity index (χ0) is 27.4. The number of aromatic nitrogens is 5. The van der Waals surface area contributed by atoms with Crippen LogP contribution in [-0.2, 0) is 4.74 Å². The Morgan fingerprint density at radius 2 is 1.85 bits per heavy atom. The zero-order valence-electron chi connectivity index (χ0n) is 22.7. The van der Waals surface area contributed by atoms with Gasteiger partial charge in [0.1, 0.15) is 11.3 Å². The van der Waals surface area contributed by atoms with Crippen molar-refractivity contribution in [1.82, 2.24) is 40.0 Å². The third kappa shape index (κ3) is 6.26. The van der Waals surface area contributed by atoms with Crippen LogP contribution in [0.15, 0.2) is 18.2 Å². The zero-order valence-corrected chi connectivity index (χ0v) is 22.7. The van der Waals surface area contributed by atoms with E-state index in [1.807, 2.05) is 19.0 Å². The van der Waals surface area contributed by atoms with Crippen LogP contribution in [0.3, 0.4) is 0 Å². The molecule has 2 N–H and O–H groups in total. The lowest BCUT2D eigenvalue weighted by Crippen LogP contribution is -2.43. The Balaban J connectivity index is 1.64. The highest BCUT2D eigenvalue weighted by atomic mass is 19.3. The van der Waals surface area contributed by atoms with Crippen LogP contribution in [0.1, 0.15) is 43.4 Å². The molecule has 4 heterocycles. The van der Waals surface area contributed by atoms with Gasteiger partial charge in [-0.15, -0.1) is 0 Å². The fraction of sp³-hybridized carbons (Fsp3) is 0.615. The van der Waals surface area contributed by atoms with E-state index in [9.17, 15) is 8.78 Å². The van der Waals surface area contributed by atoms with Crippen molar-refractivity contribution in [3.8, 4) is 11.7 Å². The van der Waals surface area contributed by atoms with E-state index in [-0.39, 0.29) is 12.0 Å². The van der Waals surface area contributed by atoms with Crippen molar-refractivity contribution in [1.29, 1.82) is 0 Å². The molecule has 0 saturated carbocycles. The number of para-hydroxylation sites is 1. The second kappa shape index (κ2) is 12.5. The van der Waals surface area contributed by atoms with Gasteiger partial charge in [-0.05, 0) is 65.1 Å². The van der Waals surface area contributed by atoms with E-state index in [0.29, 0.717) is 60.9 Å². The number of hydrogen-bond donors (Lipinski definition) is 2. The number of piperidine rings is 1. The predicted molar refractivity (Wildman–Crippen MR) is 144 cm³/mol. The van der Waals surface area contributed by atoms with Crippen LogP contribution in [0.25, 0.3) is 17.0 Å². The van der Waals surface area contributed by atoms with Gasteiger partial charge in [0.25, 0.3) is 6.43 Å². The van der Waals surface area contributed by atoms with Crippen molar-refractivity contribution in [3.63, 3.8) is 0 Å². The van der Waals surface area contributed by atoms with Crippen molar-refractivity contribution in [2.24, 2.45) is 0 Å².